The average molecular weight is 697 g/mol. The van der Waals surface area contributed by atoms with Crippen LogP contribution in [0.3, 0.4) is 0 Å². The van der Waals surface area contributed by atoms with Gasteiger partial charge in [-0.1, -0.05) is 47.5 Å². The highest BCUT2D eigenvalue weighted by Crippen LogP contribution is 2.18. The van der Waals surface area contributed by atoms with Gasteiger partial charge in [0.05, 0.1) is 48.9 Å². The third kappa shape index (κ3) is 12.4. The van der Waals surface area contributed by atoms with Crippen molar-refractivity contribution in [2.45, 2.75) is 39.5 Å². The smallest absolute Gasteiger partial charge is 0.339 e. The van der Waals surface area contributed by atoms with Gasteiger partial charge < -0.3 is 18.9 Å². The van der Waals surface area contributed by atoms with E-state index in [1.54, 1.807) is 24.3 Å². The van der Waals surface area contributed by atoms with Crippen LogP contribution < -0.4 is 9.47 Å². The normalized spacial score (nSPS) is 11.1. The van der Waals surface area contributed by atoms with Gasteiger partial charge in [0.2, 0.25) is 0 Å². The summed E-state index contributed by atoms with van der Waals surface area (Å²) >= 11 is 0. The van der Waals surface area contributed by atoms with E-state index in [1.807, 2.05) is 123 Å². The zero-order valence-electron chi connectivity index (χ0n) is 29.7. The van der Waals surface area contributed by atoms with Crippen LogP contribution in [0.25, 0.3) is 0 Å². The lowest BCUT2D eigenvalue weighted by atomic mass is 10.1. The molecule has 0 heterocycles. The van der Waals surface area contributed by atoms with E-state index in [1.165, 1.54) is 11.1 Å². The number of rotatable bonds is 18. The van der Waals surface area contributed by atoms with Gasteiger partial charge in [-0.2, -0.15) is 0 Å². The molecule has 0 atom stereocenters. The molecule has 5 aromatic carbocycles. The Balaban J connectivity index is 0.940. The minimum atomic E-state index is -0.558. The standard InChI is InChI=1S/C44H44N2O6/c1-33-11-19-37(20-12-33)45-31-35-15-23-39(24-16-35)49-27-5-7-29-51-43(47)41-9-3-4-10-42(41)44(48)52-30-8-6-28-50-40-25-17-36(18-26-40)32-46-38-21-13-34(2)14-22-38/h3-4,9-26,31-32H,5-8,27-30H2,1-2H3. The van der Waals surface area contributed by atoms with E-state index in [-0.39, 0.29) is 24.3 Å². The molecule has 0 N–H and O–H groups in total. The Morgan fingerprint density at radius 3 is 1.23 bits per heavy atom. The van der Waals surface area contributed by atoms with Crippen molar-refractivity contribution in [1.82, 2.24) is 0 Å². The zero-order chi connectivity index (χ0) is 36.4. The molecule has 0 saturated heterocycles. The molecule has 266 valence electrons. The summed E-state index contributed by atoms with van der Waals surface area (Å²) in [6, 6.07) is 38.1. The Kier molecular flexibility index (Phi) is 14.3. The number of benzene rings is 5. The van der Waals surface area contributed by atoms with Gasteiger partial charge in [-0.05, 0) is 136 Å². The van der Waals surface area contributed by atoms with E-state index in [0.717, 1.165) is 34.0 Å². The first-order chi connectivity index (χ1) is 25.4. The molecule has 8 heteroatoms. The number of hydrogen-bond donors (Lipinski definition) is 0. The van der Waals surface area contributed by atoms with Crippen molar-refractivity contribution in [3.63, 3.8) is 0 Å². The van der Waals surface area contributed by atoms with Gasteiger partial charge in [0.1, 0.15) is 11.5 Å². The van der Waals surface area contributed by atoms with Crippen LogP contribution in [0.15, 0.2) is 131 Å². The molecule has 8 nitrogen and oxygen atoms in total. The molecule has 0 aliphatic carbocycles. The number of aliphatic imine (C=N–C) groups is 2. The minimum Gasteiger partial charge on any atom is -0.494 e. The van der Waals surface area contributed by atoms with Gasteiger partial charge >= 0.3 is 11.9 Å². The van der Waals surface area contributed by atoms with Crippen LogP contribution in [0.2, 0.25) is 0 Å². The molecule has 0 amide bonds. The average Bonchev–Trinajstić information content (AvgIpc) is 3.18. The highest BCUT2D eigenvalue weighted by atomic mass is 16.5. The lowest BCUT2D eigenvalue weighted by Crippen LogP contribution is -2.15. The lowest BCUT2D eigenvalue weighted by molar-refractivity contribution is 0.0447. The van der Waals surface area contributed by atoms with Crippen LogP contribution >= 0.6 is 0 Å². The molecule has 52 heavy (non-hydrogen) atoms. The molecule has 0 fully saturated rings. The van der Waals surface area contributed by atoms with Crippen molar-refractivity contribution in [1.29, 1.82) is 0 Å². The molecular weight excluding hydrogens is 652 g/mol. The van der Waals surface area contributed by atoms with Gasteiger partial charge in [-0.25, -0.2) is 9.59 Å². The number of unbranched alkanes of at least 4 members (excludes halogenated alkanes) is 2. The summed E-state index contributed by atoms with van der Waals surface area (Å²) in [5, 5.41) is 0. The Bertz CT molecular complexity index is 1770. The Morgan fingerprint density at radius 1 is 0.481 bits per heavy atom. The van der Waals surface area contributed by atoms with Gasteiger partial charge in [0, 0.05) is 12.4 Å². The van der Waals surface area contributed by atoms with E-state index >= 15 is 0 Å². The van der Waals surface area contributed by atoms with Crippen molar-refractivity contribution in [3.8, 4) is 11.5 Å². The summed E-state index contributed by atoms with van der Waals surface area (Å²) in [6.07, 6.45) is 6.29. The molecular formula is C44H44N2O6. The van der Waals surface area contributed by atoms with E-state index in [0.29, 0.717) is 38.9 Å². The largest absolute Gasteiger partial charge is 0.494 e. The van der Waals surface area contributed by atoms with Gasteiger partial charge in [0.25, 0.3) is 0 Å². The van der Waals surface area contributed by atoms with Crippen LogP contribution in [0.1, 0.15) is 68.7 Å². The highest BCUT2D eigenvalue weighted by molar-refractivity contribution is 6.03. The third-order valence-electron chi connectivity index (χ3n) is 8.00. The molecule has 0 aliphatic rings. The Morgan fingerprint density at radius 2 is 0.846 bits per heavy atom. The summed E-state index contributed by atoms with van der Waals surface area (Å²) in [5.74, 6) is 0.403. The monoisotopic (exact) mass is 696 g/mol. The van der Waals surface area contributed by atoms with E-state index in [4.69, 9.17) is 18.9 Å². The predicted molar refractivity (Wildman–Crippen MR) is 206 cm³/mol. The number of carbonyl (C=O) groups excluding carboxylic acids is 2. The molecule has 5 aromatic rings. The number of ether oxygens (including phenoxy) is 4. The molecule has 0 aromatic heterocycles. The van der Waals surface area contributed by atoms with E-state index in [2.05, 4.69) is 9.98 Å². The van der Waals surface area contributed by atoms with Crippen molar-refractivity contribution >= 4 is 35.7 Å². The van der Waals surface area contributed by atoms with Crippen LogP contribution in [-0.4, -0.2) is 50.8 Å². The number of carbonyl (C=O) groups is 2. The van der Waals surface area contributed by atoms with Crippen molar-refractivity contribution in [3.05, 3.63) is 155 Å². The maximum absolute atomic E-state index is 12.8. The Labute approximate surface area is 305 Å². The number of hydrogen-bond acceptors (Lipinski definition) is 8. The second-order valence-electron chi connectivity index (χ2n) is 12.3. The fraction of sp³-hybridized carbons (Fsp3) is 0.227. The summed E-state index contributed by atoms with van der Waals surface area (Å²) in [5.41, 5.74) is 6.54. The Hall–Kier alpha value is -6.02. The minimum absolute atomic E-state index is 0.186. The first kappa shape index (κ1) is 37.2. The fourth-order valence-electron chi connectivity index (χ4n) is 4.97. The van der Waals surface area contributed by atoms with Crippen LogP contribution in [0.5, 0.6) is 11.5 Å². The quantitative estimate of drug-likeness (QED) is 0.0514. The van der Waals surface area contributed by atoms with Crippen LogP contribution in [0.4, 0.5) is 11.4 Å². The van der Waals surface area contributed by atoms with Crippen molar-refractivity contribution in [2.75, 3.05) is 26.4 Å². The van der Waals surface area contributed by atoms with Gasteiger partial charge in [0.15, 0.2) is 0 Å². The molecule has 5 rings (SSSR count). The second-order valence-corrected chi connectivity index (χ2v) is 12.3. The fourth-order valence-corrected chi connectivity index (χ4v) is 4.97. The molecule has 0 aliphatic heterocycles. The number of aryl methyl sites for hydroxylation is 2. The molecule has 0 saturated carbocycles. The van der Waals surface area contributed by atoms with Crippen molar-refractivity contribution in [2.24, 2.45) is 9.98 Å². The van der Waals surface area contributed by atoms with Gasteiger partial charge in [-0.3, -0.25) is 9.98 Å². The first-order valence-electron chi connectivity index (χ1n) is 17.5. The SMILES string of the molecule is Cc1ccc(N=Cc2ccc(OCCCCOC(=O)c3ccccc3C(=O)OCCCCOc3ccc(C=Nc4ccc(C)cc4)cc3)cc2)cc1. The van der Waals surface area contributed by atoms with E-state index < -0.39 is 11.9 Å². The predicted octanol–water partition coefficient (Wildman–Crippen LogP) is 9.84. The maximum Gasteiger partial charge on any atom is 0.339 e. The lowest BCUT2D eigenvalue weighted by Gasteiger charge is -2.10. The summed E-state index contributed by atoms with van der Waals surface area (Å²) in [4.78, 5) is 34.6. The van der Waals surface area contributed by atoms with Gasteiger partial charge in [-0.15, -0.1) is 0 Å². The van der Waals surface area contributed by atoms with Crippen molar-refractivity contribution < 1.29 is 28.5 Å². The topological polar surface area (TPSA) is 95.8 Å². The highest BCUT2D eigenvalue weighted by Gasteiger charge is 2.19. The summed E-state index contributed by atoms with van der Waals surface area (Å²) < 4.78 is 22.6. The maximum atomic E-state index is 12.8. The van der Waals surface area contributed by atoms with E-state index in [9.17, 15) is 9.59 Å². The number of esters is 2. The zero-order valence-corrected chi connectivity index (χ0v) is 29.7. The number of nitrogens with zero attached hydrogens (tertiary/aromatic N) is 2. The summed E-state index contributed by atoms with van der Waals surface area (Å²) in [6.45, 7) is 5.49. The molecule has 0 bridgehead atoms. The molecule has 0 spiro atoms. The second kappa shape index (κ2) is 20.0. The summed E-state index contributed by atoms with van der Waals surface area (Å²) in [7, 11) is 0. The van der Waals surface area contributed by atoms with Crippen LogP contribution in [-0.2, 0) is 9.47 Å². The molecule has 0 unspecified atom stereocenters. The first-order valence-corrected chi connectivity index (χ1v) is 17.5. The third-order valence-corrected chi connectivity index (χ3v) is 8.00. The van der Waals surface area contributed by atoms with Crippen LogP contribution in [0, 0.1) is 13.8 Å². The molecule has 0 radical (unpaired) electrons.